The van der Waals surface area contributed by atoms with Crippen LogP contribution in [-0.4, -0.2) is 4.98 Å². The van der Waals surface area contributed by atoms with Crippen molar-refractivity contribution in [2.24, 2.45) is 0 Å². The van der Waals surface area contributed by atoms with Crippen LogP contribution in [0.2, 0.25) is 0 Å². The van der Waals surface area contributed by atoms with Gasteiger partial charge in [-0.15, -0.1) is 0 Å². The highest BCUT2D eigenvalue weighted by atomic mass is 32.1. The Balaban J connectivity index is 0.000000720. The molecule has 3 heteroatoms. The number of benzene rings is 1. The van der Waals surface area contributed by atoms with Crippen molar-refractivity contribution < 1.29 is 0 Å². The molecule has 2 rings (SSSR count). The maximum atomic E-state index is 10.9. The van der Waals surface area contributed by atoms with Gasteiger partial charge in [0.2, 0.25) is 0 Å². The van der Waals surface area contributed by atoms with E-state index in [1.54, 1.807) is 0 Å². The van der Waals surface area contributed by atoms with Crippen LogP contribution in [0, 0.1) is 6.92 Å². The summed E-state index contributed by atoms with van der Waals surface area (Å²) in [7, 11) is 0. The van der Waals surface area contributed by atoms with E-state index in [2.05, 4.69) is 4.98 Å². The van der Waals surface area contributed by atoms with Crippen molar-refractivity contribution in [3.8, 4) is 0 Å². The molecule has 1 heterocycles. The molecular formula is C9H11NOS. The second-order valence-electron chi connectivity index (χ2n) is 2.51. The van der Waals surface area contributed by atoms with Crippen LogP contribution in [0.1, 0.15) is 13.0 Å². The number of aromatic amines is 1. The Morgan fingerprint density at radius 3 is 2.92 bits per heavy atom. The lowest BCUT2D eigenvalue weighted by atomic mass is 10.2. The number of hydrogen-bond acceptors (Lipinski definition) is 2. The molecule has 1 aromatic heterocycles. The summed E-state index contributed by atoms with van der Waals surface area (Å²) in [5, 5.41) is 0. The van der Waals surface area contributed by atoms with Crippen molar-refractivity contribution in [1.29, 1.82) is 0 Å². The summed E-state index contributed by atoms with van der Waals surface area (Å²) in [6.07, 6.45) is 0. The first kappa shape index (κ1) is 9.00. The lowest BCUT2D eigenvalue weighted by Gasteiger charge is -1.89. The van der Waals surface area contributed by atoms with E-state index < -0.39 is 0 Å². The van der Waals surface area contributed by atoms with Crippen LogP contribution < -0.4 is 4.87 Å². The number of H-pyrrole nitrogens is 1. The van der Waals surface area contributed by atoms with Crippen molar-refractivity contribution in [2.75, 3.05) is 0 Å². The highest BCUT2D eigenvalue weighted by molar-refractivity contribution is 7.16. The molecule has 0 aliphatic carbocycles. The number of thiazole rings is 1. The first-order valence-electron chi connectivity index (χ1n) is 3.35. The zero-order valence-corrected chi connectivity index (χ0v) is 6.87. The molecule has 2 nitrogen and oxygen atoms in total. The van der Waals surface area contributed by atoms with Crippen molar-refractivity contribution in [1.82, 2.24) is 4.98 Å². The van der Waals surface area contributed by atoms with Gasteiger partial charge in [0, 0.05) is 0 Å². The second kappa shape index (κ2) is 3.11. The first-order valence-corrected chi connectivity index (χ1v) is 4.17. The van der Waals surface area contributed by atoms with E-state index in [0.29, 0.717) is 0 Å². The highest BCUT2D eigenvalue weighted by Crippen LogP contribution is 2.14. The highest BCUT2D eigenvalue weighted by Gasteiger charge is 1.96. The number of rotatable bonds is 0. The van der Waals surface area contributed by atoms with E-state index in [9.17, 15) is 4.79 Å². The minimum atomic E-state index is 0. The summed E-state index contributed by atoms with van der Waals surface area (Å²) in [6.45, 7) is 2.02. The fraction of sp³-hybridized carbons (Fsp3) is 0.222. The van der Waals surface area contributed by atoms with Crippen LogP contribution in [0.25, 0.3) is 10.2 Å². The van der Waals surface area contributed by atoms with Crippen LogP contribution in [-0.2, 0) is 0 Å². The molecule has 2 aromatic rings. The summed E-state index contributed by atoms with van der Waals surface area (Å²) >= 11 is 1.26. The zero-order chi connectivity index (χ0) is 7.84. The Labute approximate surface area is 74.9 Å². The van der Waals surface area contributed by atoms with Gasteiger partial charge >= 0.3 is 4.87 Å². The van der Waals surface area contributed by atoms with Gasteiger partial charge in [-0.25, -0.2) is 0 Å². The molecule has 0 aliphatic rings. The predicted octanol–water partition coefficient (Wildman–Crippen LogP) is 2.53. The smallest absolute Gasteiger partial charge is 0.305 e. The summed E-state index contributed by atoms with van der Waals surface area (Å²) in [5.74, 6) is 0. The maximum absolute atomic E-state index is 10.9. The van der Waals surface area contributed by atoms with Gasteiger partial charge in [0.15, 0.2) is 0 Å². The molecule has 1 aromatic carbocycles. The van der Waals surface area contributed by atoms with Crippen LogP contribution in [0.15, 0.2) is 23.0 Å². The number of aromatic nitrogens is 1. The molecule has 0 bridgehead atoms. The molecule has 0 fully saturated rings. The number of nitrogens with one attached hydrogen (secondary N) is 1. The fourth-order valence-corrected chi connectivity index (χ4v) is 1.89. The average molecular weight is 181 g/mol. The number of aryl methyl sites for hydroxylation is 1. The Morgan fingerprint density at radius 1 is 1.42 bits per heavy atom. The SMILES string of the molecule is C.Cc1ccc2[nH]c(=O)sc2c1. The van der Waals surface area contributed by atoms with Crippen molar-refractivity contribution in [2.45, 2.75) is 14.4 Å². The van der Waals surface area contributed by atoms with Gasteiger partial charge < -0.3 is 4.98 Å². The molecular weight excluding hydrogens is 170 g/mol. The molecule has 0 saturated carbocycles. The molecule has 0 aliphatic heterocycles. The molecule has 0 atom stereocenters. The number of hydrogen-bond donors (Lipinski definition) is 1. The molecule has 0 spiro atoms. The Morgan fingerprint density at radius 2 is 2.17 bits per heavy atom. The van der Waals surface area contributed by atoms with E-state index in [1.807, 2.05) is 25.1 Å². The third-order valence-corrected chi connectivity index (χ3v) is 2.42. The monoisotopic (exact) mass is 181 g/mol. The van der Waals surface area contributed by atoms with E-state index >= 15 is 0 Å². The minimum Gasteiger partial charge on any atom is -0.312 e. The molecule has 12 heavy (non-hydrogen) atoms. The normalized spacial score (nSPS) is 9.75. The third kappa shape index (κ3) is 1.41. The average Bonchev–Trinajstić information content (AvgIpc) is 2.27. The van der Waals surface area contributed by atoms with Crippen LogP contribution in [0.4, 0.5) is 0 Å². The lowest BCUT2D eigenvalue weighted by Crippen LogP contribution is -1.89. The van der Waals surface area contributed by atoms with Crippen molar-refractivity contribution in [3.05, 3.63) is 33.4 Å². The molecule has 0 unspecified atom stereocenters. The Kier molecular flexibility index (Phi) is 2.33. The largest absolute Gasteiger partial charge is 0.312 e. The molecule has 1 N–H and O–H groups in total. The predicted molar refractivity (Wildman–Crippen MR) is 53.9 cm³/mol. The number of fused-ring (bicyclic) bond motifs is 1. The topological polar surface area (TPSA) is 32.9 Å². The van der Waals surface area contributed by atoms with Gasteiger partial charge in [-0.2, -0.15) is 0 Å². The Bertz CT molecular complexity index is 441. The second-order valence-corrected chi connectivity index (χ2v) is 3.53. The van der Waals surface area contributed by atoms with Crippen LogP contribution >= 0.6 is 11.3 Å². The minimum absolute atomic E-state index is 0. The van der Waals surface area contributed by atoms with Gasteiger partial charge in [-0.1, -0.05) is 24.8 Å². The van der Waals surface area contributed by atoms with Gasteiger partial charge in [0.25, 0.3) is 0 Å². The lowest BCUT2D eigenvalue weighted by molar-refractivity contribution is 1.40. The van der Waals surface area contributed by atoms with E-state index in [0.717, 1.165) is 10.2 Å². The summed E-state index contributed by atoms with van der Waals surface area (Å²) < 4.78 is 1.04. The van der Waals surface area contributed by atoms with E-state index in [1.165, 1.54) is 16.9 Å². The summed E-state index contributed by atoms with van der Waals surface area (Å²) in [6, 6.07) is 5.94. The molecule has 64 valence electrons. The molecule has 0 amide bonds. The standard InChI is InChI=1S/C8H7NOS.CH4/c1-5-2-3-6-7(4-5)11-8(10)9-6;/h2-4H,1H3,(H,9,10);1H4. The van der Waals surface area contributed by atoms with E-state index in [4.69, 9.17) is 0 Å². The molecule has 0 radical (unpaired) electrons. The van der Waals surface area contributed by atoms with Crippen molar-refractivity contribution in [3.63, 3.8) is 0 Å². The van der Waals surface area contributed by atoms with Crippen LogP contribution in [0.5, 0.6) is 0 Å². The summed E-state index contributed by atoms with van der Waals surface area (Å²) in [4.78, 5) is 13.6. The summed E-state index contributed by atoms with van der Waals surface area (Å²) in [5.41, 5.74) is 2.12. The van der Waals surface area contributed by atoms with Gasteiger partial charge in [-0.05, 0) is 24.6 Å². The third-order valence-electron chi connectivity index (χ3n) is 1.58. The molecule has 0 saturated heterocycles. The van der Waals surface area contributed by atoms with Gasteiger partial charge in [0.05, 0.1) is 10.2 Å². The maximum Gasteiger partial charge on any atom is 0.305 e. The zero-order valence-electron chi connectivity index (χ0n) is 6.05. The van der Waals surface area contributed by atoms with Gasteiger partial charge in [-0.3, -0.25) is 4.79 Å². The van der Waals surface area contributed by atoms with Gasteiger partial charge in [0.1, 0.15) is 0 Å². The fourth-order valence-electron chi connectivity index (χ4n) is 1.05. The van der Waals surface area contributed by atoms with E-state index in [-0.39, 0.29) is 12.3 Å². The first-order chi connectivity index (χ1) is 5.25. The quantitative estimate of drug-likeness (QED) is 0.665. The van der Waals surface area contributed by atoms with Crippen molar-refractivity contribution >= 4 is 21.6 Å². The van der Waals surface area contributed by atoms with Crippen LogP contribution in [0.3, 0.4) is 0 Å². The Hall–Kier alpha value is -1.09.